The summed E-state index contributed by atoms with van der Waals surface area (Å²) in [6.07, 6.45) is 10.5. The van der Waals surface area contributed by atoms with Gasteiger partial charge < -0.3 is 9.47 Å². The van der Waals surface area contributed by atoms with E-state index in [-0.39, 0.29) is 18.1 Å². The highest BCUT2D eigenvalue weighted by Gasteiger charge is 2.24. The third-order valence-electron chi connectivity index (χ3n) is 3.71. The first-order chi connectivity index (χ1) is 12.0. The normalized spacial score (nSPS) is 13.2. The van der Waals surface area contributed by atoms with Gasteiger partial charge in [-0.3, -0.25) is 19.3 Å². The van der Waals surface area contributed by atoms with Crippen molar-refractivity contribution in [2.75, 3.05) is 44.5 Å². The molecule has 2 rings (SSSR count). The number of nitrogens with zero attached hydrogens (tertiary/aromatic N) is 3. The maximum Gasteiger partial charge on any atom is 0.315 e. The van der Waals surface area contributed by atoms with Crippen LogP contribution in [0.25, 0.3) is 11.3 Å². The van der Waals surface area contributed by atoms with Crippen molar-refractivity contribution in [3.63, 3.8) is 0 Å². The number of nitro groups is 1. The van der Waals surface area contributed by atoms with Gasteiger partial charge in [0.15, 0.2) is 5.69 Å². The van der Waals surface area contributed by atoms with Crippen LogP contribution in [0.4, 0.5) is 5.69 Å². The summed E-state index contributed by atoms with van der Waals surface area (Å²) in [5.74, 6) is 1.44. The Bertz CT molecular complexity index is 805. The van der Waals surface area contributed by atoms with Crippen LogP contribution in [0.3, 0.4) is 0 Å². The van der Waals surface area contributed by atoms with Crippen molar-refractivity contribution in [2.24, 2.45) is 0 Å². The lowest BCUT2D eigenvalue weighted by Gasteiger charge is -2.46. The average molecular weight is 404 g/mol. The van der Waals surface area contributed by atoms with E-state index < -0.39 is 14.1 Å². The number of hydrogen-bond donors (Lipinski definition) is 1. The quantitative estimate of drug-likeness (QED) is 0.314. The molecule has 0 atom stereocenters. The number of hydrogen-bond acceptors (Lipinski definition) is 5. The van der Waals surface area contributed by atoms with Crippen LogP contribution < -0.4 is 4.74 Å². The zero-order chi connectivity index (χ0) is 19.6. The Morgan fingerprint density at radius 2 is 2.00 bits per heavy atom. The van der Waals surface area contributed by atoms with Crippen LogP contribution in [-0.2, 0) is 11.5 Å². The molecule has 0 N–H and O–H groups in total. The molecule has 0 amide bonds. The van der Waals surface area contributed by atoms with Gasteiger partial charge in [-0.25, -0.2) is 4.68 Å². The number of benzene rings is 1. The van der Waals surface area contributed by atoms with E-state index in [9.17, 15) is 10.1 Å². The highest BCUT2D eigenvalue weighted by atomic mass is 35.5. The van der Waals surface area contributed by atoms with Crippen molar-refractivity contribution < 1.29 is 14.4 Å². The van der Waals surface area contributed by atoms with Gasteiger partial charge in [0, 0.05) is 5.02 Å². The van der Waals surface area contributed by atoms with Crippen molar-refractivity contribution in [1.29, 1.82) is 0 Å². The van der Waals surface area contributed by atoms with E-state index in [0.29, 0.717) is 22.9 Å². The molecule has 1 heterocycles. The van der Waals surface area contributed by atoms with Crippen molar-refractivity contribution in [1.82, 2.24) is 9.78 Å². The molecule has 0 unspecified atom stereocenters. The molecule has 1 aromatic carbocycles. The number of methoxy groups -OCH3 is 1. The van der Waals surface area contributed by atoms with Gasteiger partial charge in [-0.2, -0.15) is 5.10 Å². The van der Waals surface area contributed by atoms with Gasteiger partial charge in [0.1, 0.15) is 18.7 Å². The van der Waals surface area contributed by atoms with Gasteiger partial charge in [-0.05, 0) is 49.0 Å². The molecule has 9 heteroatoms. The summed E-state index contributed by atoms with van der Waals surface area (Å²) in [6.45, 7) is 0.734. The zero-order valence-electron chi connectivity index (χ0n) is 15.7. The van der Waals surface area contributed by atoms with Crippen molar-refractivity contribution in [3.05, 3.63) is 39.5 Å². The number of aromatic nitrogens is 2. The van der Waals surface area contributed by atoms with E-state index in [0.717, 1.165) is 5.75 Å². The van der Waals surface area contributed by atoms with E-state index >= 15 is 0 Å². The molecular formula is C17H26ClN3O4S. The first-order valence-corrected chi connectivity index (χ1v) is 12.7. The molecule has 1 aromatic heterocycles. The predicted molar refractivity (Wildman–Crippen MR) is 109 cm³/mol. The second-order valence-corrected chi connectivity index (χ2v) is 17.0. The van der Waals surface area contributed by atoms with Crippen molar-refractivity contribution in [2.45, 2.75) is 6.73 Å². The summed E-state index contributed by atoms with van der Waals surface area (Å²) < 4.78 is 12.4. The Morgan fingerprint density at radius 3 is 2.58 bits per heavy atom. The molecule has 0 aliphatic heterocycles. The first kappa shape index (κ1) is 20.5. The largest absolute Gasteiger partial charge is 0.496 e. The SMILES string of the molecule is COc1ccc(Cl)cc1-c1nn(COCC[SH](C)(C)(C)C)cc1[N+](=O)[O-]. The van der Waals surface area contributed by atoms with Gasteiger partial charge in [0.2, 0.25) is 0 Å². The Kier molecular flexibility index (Phi) is 5.89. The topological polar surface area (TPSA) is 79.4 Å². The third kappa shape index (κ3) is 5.62. The van der Waals surface area contributed by atoms with E-state index in [1.807, 2.05) is 0 Å². The van der Waals surface area contributed by atoms with Gasteiger partial charge >= 0.3 is 5.69 Å². The van der Waals surface area contributed by atoms with Crippen LogP contribution in [0.2, 0.25) is 5.02 Å². The summed E-state index contributed by atoms with van der Waals surface area (Å²) in [5.41, 5.74) is 0.555. The average Bonchev–Trinajstić information content (AvgIpc) is 2.94. The summed E-state index contributed by atoms with van der Waals surface area (Å²) in [5, 5.41) is 16.2. The molecule has 26 heavy (non-hydrogen) atoms. The van der Waals surface area contributed by atoms with Crippen molar-refractivity contribution in [3.8, 4) is 17.0 Å². The molecule has 0 bridgehead atoms. The molecule has 0 saturated heterocycles. The molecule has 0 fully saturated rings. The van der Waals surface area contributed by atoms with E-state index in [2.05, 4.69) is 30.1 Å². The van der Waals surface area contributed by atoms with Crippen LogP contribution in [0.15, 0.2) is 24.4 Å². The highest BCUT2D eigenvalue weighted by Crippen LogP contribution is 2.54. The van der Waals surface area contributed by atoms with E-state index in [4.69, 9.17) is 21.1 Å². The third-order valence-corrected chi connectivity index (χ3v) is 5.92. The second-order valence-electron chi connectivity index (χ2n) is 8.21. The van der Waals surface area contributed by atoms with Gasteiger partial charge in [-0.1, -0.05) is 11.6 Å². The minimum absolute atomic E-state index is 0.120. The van der Waals surface area contributed by atoms with E-state index in [1.54, 1.807) is 18.2 Å². The van der Waals surface area contributed by atoms with Gasteiger partial charge in [-0.15, -0.1) is 0 Å². The molecule has 0 aliphatic rings. The summed E-state index contributed by atoms with van der Waals surface area (Å²) in [4.78, 5) is 11.0. The Balaban J connectivity index is 2.24. The molecule has 2 aromatic rings. The molecular weight excluding hydrogens is 378 g/mol. The fourth-order valence-corrected chi connectivity index (χ4v) is 3.29. The molecule has 0 radical (unpaired) electrons. The van der Waals surface area contributed by atoms with E-state index in [1.165, 1.54) is 18.0 Å². The fourth-order valence-electron chi connectivity index (χ4n) is 2.26. The number of rotatable bonds is 8. The number of halogens is 1. The Hall–Kier alpha value is -1.77. The zero-order valence-corrected chi connectivity index (χ0v) is 17.4. The fraction of sp³-hybridized carbons (Fsp3) is 0.471. The minimum Gasteiger partial charge on any atom is -0.496 e. The maximum atomic E-state index is 11.4. The van der Waals surface area contributed by atoms with Crippen LogP contribution in [0.5, 0.6) is 5.75 Å². The smallest absolute Gasteiger partial charge is 0.315 e. The Morgan fingerprint density at radius 1 is 1.31 bits per heavy atom. The molecule has 0 saturated carbocycles. The minimum atomic E-state index is -1.64. The summed E-state index contributed by atoms with van der Waals surface area (Å²) in [6, 6.07) is 4.92. The standard InChI is InChI=1S/C17H26ClN3O4S/c1-24-16-7-6-13(18)10-14(16)17-15(21(22)23)11-20(19-17)12-25-8-9-26(2,3,4)5/h6-7,10-11,26H,8-9,12H2,1-5H3. The molecule has 146 valence electrons. The lowest BCUT2D eigenvalue weighted by molar-refractivity contribution is -0.384. The summed E-state index contributed by atoms with van der Waals surface area (Å²) in [7, 11) is -0.149. The van der Waals surface area contributed by atoms with Crippen LogP contribution in [0, 0.1) is 10.1 Å². The lowest BCUT2D eigenvalue weighted by Crippen LogP contribution is -2.20. The van der Waals surface area contributed by atoms with Gasteiger partial charge in [0.05, 0.1) is 24.2 Å². The van der Waals surface area contributed by atoms with Crippen LogP contribution in [-0.4, -0.2) is 59.2 Å². The predicted octanol–water partition coefficient (Wildman–Crippen LogP) is 3.69. The van der Waals surface area contributed by atoms with Crippen LogP contribution in [0.1, 0.15) is 0 Å². The number of thiol groups is 1. The lowest BCUT2D eigenvalue weighted by atomic mass is 10.1. The molecule has 7 nitrogen and oxygen atoms in total. The molecule has 0 spiro atoms. The maximum absolute atomic E-state index is 11.4. The first-order valence-electron chi connectivity index (χ1n) is 8.10. The Labute approximate surface area is 158 Å². The van der Waals surface area contributed by atoms with Crippen molar-refractivity contribution >= 4 is 26.4 Å². The summed E-state index contributed by atoms with van der Waals surface area (Å²) >= 11 is 6.04. The van der Waals surface area contributed by atoms with Crippen LogP contribution >= 0.6 is 20.8 Å². The second kappa shape index (κ2) is 7.46. The molecule has 0 aliphatic carbocycles. The van der Waals surface area contributed by atoms with Gasteiger partial charge in [0.25, 0.3) is 0 Å². The highest BCUT2D eigenvalue weighted by molar-refractivity contribution is 8.47. The monoisotopic (exact) mass is 403 g/mol. The number of ether oxygens (including phenoxy) is 2.